The number of benzene rings is 2. The van der Waals surface area contributed by atoms with E-state index in [-0.39, 0.29) is 6.04 Å². The normalized spacial score (nSPS) is 14.0. The molecule has 2 aromatic rings. The third-order valence-electron chi connectivity index (χ3n) is 3.69. The highest BCUT2D eigenvalue weighted by molar-refractivity contribution is 6.30. The summed E-state index contributed by atoms with van der Waals surface area (Å²) in [6, 6.07) is 17.5. The van der Waals surface area contributed by atoms with Crippen molar-refractivity contribution in [2.45, 2.75) is 39.3 Å². The van der Waals surface area contributed by atoms with Crippen LogP contribution < -0.4 is 5.32 Å². The zero-order valence-corrected chi connectivity index (χ0v) is 13.1. The van der Waals surface area contributed by atoms with Crippen LogP contribution in [0.1, 0.15) is 49.0 Å². The van der Waals surface area contributed by atoms with Gasteiger partial charge in [0, 0.05) is 17.1 Å². The van der Waals surface area contributed by atoms with Gasteiger partial charge in [-0.1, -0.05) is 60.5 Å². The summed E-state index contributed by atoms with van der Waals surface area (Å²) in [5, 5.41) is 4.48. The Morgan fingerprint density at radius 1 is 1.05 bits per heavy atom. The summed E-state index contributed by atoms with van der Waals surface area (Å²) >= 11 is 6.07. The molecule has 2 rings (SSSR count). The van der Waals surface area contributed by atoms with Crippen LogP contribution in [0.2, 0.25) is 5.02 Å². The van der Waals surface area contributed by atoms with Crippen LogP contribution in [0.3, 0.4) is 0 Å². The average Bonchev–Trinajstić information content (AvgIpc) is 2.45. The van der Waals surface area contributed by atoms with E-state index in [0.29, 0.717) is 6.04 Å². The first-order valence-electron chi connectivity index (χ1n) is 7.18. The van der Waals surface area contributed by atoms with Gasteiger partial charge in [0.05, 0.1) is 0 Å². The van der Waals surface area contributed by atoms with Gasteiger partial charge in [0.2, 0.25) is 0 Å². The number of nitrogens with one attached hydrogen (secondary N) is 1. The van der Waals surface area contributed by atoms with Gasteiger partial charge in [0.15, 0.2) is 0 Å². The standard InChI is InChI=1S/C18H22ClN/c1-4-18(15-10-8-13(2)9-11-15)20-14(3)16-6-5-7-17(19)12-16/h5-12,14,18,20H,4H2,1-3H3. The molecule has 0 heterocycles. The molecule has 0 saturated heterocycles. The average molecular weight is 288 g/mol. The van der Waals surface area contributed by atoms with Crippen LogP contribution in [-0.4, -0.2) is 0 Å². The number of aryl methyl sites for hydroxylation is 1. The maximum Gasteiger partial charge on any atom is 0.0409 e. The number of rotatable bonds is 5. The van der Waals surface area contributed by atoms with Crippen molar-refractivity contribution in [1.29, 1.82) is 0 Å². The largest absolute Gasteiger partial charge is 0.303 e. The van der Waals surface area contributed by atoms with E-state index in [0.717, 1.165) is 11.4 Å². The Hall–Kier alpha value is -1.31. The molecule has 0 bridgehead atoms. The summed E-state index contributed by atoms with van der Waals surface area (Å²) in [6.45, 7) is 6.51. The first-order chi connectivity index (χ1) is 9.60. The topological polar surface area (TPSA) is 12.0 Å². The van der Waals surface area contributed by atoms with E-state index < -0.39 is 0 Å². The van der Waals surface area contributed by atoms with Gasteiger partial charge in [-0.25, -0.2) is 0 Å². The first-order valence-corrected chi connectivity index (χ1v) is 7.56. The Labute approximate surface area is 127 Å². The van der Waals surface area contributed by atoms with E-state index in [2.05, 4.69) is 56.4 Å². The molecule has 106 valence electrons. The van der Waals surface area contributed by atoms with Crippen LogP contribution in [0, 0.1) is 6.92 Å². The van der Waals surface area contributed by atoms with Crippen molar-refractivity contribution in [2.75, 3.05) is 0 Å². The minimum absolute atomic E-state index is 0.278. The van der Waals surface area contributed by atoms with E-state index >= 15 is 0 Å². The number of hydrogen-bond donors (Lipinski definition) is 1. The molecule has 0 aromatic heterocycles. The van der Waals surface area contributed by atoms with Gasteiger partial charge in [-0.2, -0.15) is 0 Å². The van der Waals surface area contributed by atoms with Gasteiger partial charge in [0.1, 0.15) is 0 Å². The Morgan fingerprint density at radius 3 is 2.35 bits per heavy atom. The molecule has 0 fully saturated rings. The Morgan fingerprint density at radius 2 is 1.75 bits per heavy atom. The van der Waals surface area contributed by atoms with Crippen molar-refractivity contribution in [3.05, 3.63) is 70.2 Å². The fraction of sp³-hybridized carbons (Fsp3) is 0.333. The molecule has 1 N–H and O–H groups in total. The lowest BCUT2D eigenvalue weighted by Gasteiger charge is -2.23. The summed E-state index contributed by atoms with van der Waals surface area (Å²) in [7, 11) is 0. The molecule has 2 atom stereocenters. The first kappa shape index (κ1) is 15.1. The predicted octanol–water partition coefficient (Wildman–Crippen LogP) is 5.45. The number of hydrogen-bond acceptors (Lipinski definition) is 1. The second kappa shape index (κ2) is 6.92. The van der Waals surface area contributed by atoms with Gasteiger partial charge in [-0.3, -0.25) is 0 Å². The Balaban J connectivity index is 2.11. The maximum absolute atomic E-state index is 6.07. The lowest BCUT2D eigenvalue weighted by atomic mass is 10.0. The van der Waals surface area contributed by atoms with Gasteiger partial charge in [-0.05, 0) is 43.5 Å². The van der Waals surface area contributed by atoms with Crippen molar-refractivity contribution < 1.29 is 0 Å². The molecular weight excluding hydrogens is 266 g/mol. The van der Waals surface area contributed by atoms with Crippen molar-refractivity contribution in [3.8, 4) is 0 Å². The molecule has 1 nitrogen and oxygen atoms in total. The van der Waals surface area contributed by atoms with Crippen LogP contribution in [0.15, 0.2) is 48.5 Å². The molecule has 0 saturated carbocycles. The Bertz CT molecular complexity index is 548. The minimum Gasteiger partial charge on any atom is -0.303 e. The van der Waals surface area contributed by atoms with E-state index in [1.165, 1.54) is 16.7 Å². The molecule has 2 aromatic carbocycles. The minimum atomic E-state index is 0.278. The van der Waals surface area contributed by atoms with Gasteiger partial charge >= 0.3 is 0 Å². The SMILES string of the molecule is CCC(NC(C)c1cccc(Cl)c1)c1ccc(C)cc1. The quantitative estimate of drug-likeness (QED) is 0.771. The summed E-state index contributed by atoms with van der Waals surface area (Å²) < 4.78 is 0. The molecule has 2 heteroatoms. The molecule has 0 aliphatic carbocycles. The van der Waals surface area contributed by atoms with Crippen LogP contribution >= 0.6 is 11.6 Å². The second-order valence-corrected chi connectivity index (χ2v) is 5.75. The van der Waals surface area contributed by atoms with Gasteiger partial charge in [-0.15, -0.1) is 0 Å². The smallest absolute Gasteiger partial charge is 0.0409 e. The molecule has 2 unspecified atom stereocenters. The molecule has 0 radical (unpaired) electrons. The predicted molar refractivity (Wildman–Crippen MR) is 87.2 cm³/mol. The molecular formula is C18H22ClN. The van der Waals surface area contributed by atoms with Crippen molar-refractivity contribution in [3.63, 3.8) is 0 Å². The molecule has 0 amide bonds. The van der Waals surface area contributed by atoms with Crippen molar-refractivity contribution >= 4 is 11.6 Å². The van der Waals surface area contributed by atoms with E-state index in [4.69, 9.17) is 11.6 Å². The van der Waals surface area contributed by atoms with Crippen LogP contribution in [0.5, 0.6) is 0 Å². The van der Waals surface area contributed by atoms with E-state index in [1.807, 2.05) is 18.2 Å². The molecule has 0 aliphatic heterocycles. The van der Waals surface area contributed by atoms with Crippen LogP contribution in [0.25, 0.3) is 0 Å². The summed E-state index contributed by atoms with van der Waals surface area (Å²) in [6.07, 6.45) is 1.06. The molecule has 0 spiro atoms. The van der Waals surface area contributed by atoms with Gasteiger partial charge in [0.25, 0.3) is 0 Å². The maximum atomic E-state index is 6.07. The number of halogens is 1. The van der Waals surface area contributed by atoms with Gasteiger partial charge < -0.3 is 5.32 Å². The highest BCUT2D eigenvalue weighted by Crippen LogP contribution is 2.24. The second-order valence-electron chi connectivity index (χ2n) is 5.31. The summed E-state index contributed by atoms with van der Waals surface area (Å²) in [5.74, 6) is 0. The lowest BCUT2D eigenvalue weighted by molar-refractivity contribution is 0.456. The summed E-state index contributed by atoms with van der Waals surface area (Å²) in [5.41, 5.74) is 3.86. The lowest BCUT2D eigenvalue weighted by Crippen LogP contribution is -2.24. The fourth-order valence-corrected chi connectivity index (χ4v) is 2.62. The van der Waals surface area contributed by atoms with E-state index in [1.54, 1.807) is 0 Å². The van der Waals surface area contributed by atoms with Crippen LogP contribution in [-0.2, 0) is 0 Å². The zero-order valence-electron chi connectivity index (χ0n) is 12.4. The van der Waals surface area contributed by atoms with Crippen LogP contribution in [0.4, 0.5) is 0 Å². The highest BCUT2D eigenvalue weighted by atomic mass is 35.5. The monoisotopic (exact) mass is 287 g/mol. The van der Waals surface area contributed by atoms with Crippen molar-refractivity contribution in [2.24, 2.45) is 0 Å². The highest BCUT2D eigenvalue weighted by Gasteiger charge is 2.13. The third kappa shape index (κ3) is 3.84. The molecule has 20 heavy (non-hydrogen) atoms. The van der Waals surface area contributed by atoms with E-state index in [9.17, 15) is 0 Å². The summed E-state index contributed by atoms with van der Waals surface area (Å²) in [4.78, 5) is 0. The molecule has 0 aliphatic rings. The Kier molecular flexibility index (Phi) is 5.22. The zero-order chi connectivity index (χ0) is 14.5. The van der Waals surface area contributed by atoms with Crippen molar-refractivity contribution in [1.82, 2.24) is 5.32 Å². The fourth-order valence-electron chi connectivity index (χ4n) is 2.42. The third-order valence-corrected chi connectivity index (χ3v) is 3.92.